The van der Waals surface area contributed by atoms with Crippen LogP contribution in [0.15, 0.2) is 23.6 Å². The van der Waals surface area contributed by atoms with Crippen LogP contribution in [0.4, 0.5) is 8.78 Å². The van der Waals surface area contributed by atoms with Gasteiger partial charge in [0.15, 0.2) is 11.6 Å². The molecule has 1 saturated heterocycles. The maximum Gasteiger partial charge on any atom is 0.237 e. The van der Waals surface area contributed by atoms with Crippen LogP contribution in [0.2, 0.25) is 0 Å². The van der Waals surface area contributed by atoms with Gasteiger partial charge in [-0.05, 0) is 13.0 Å². The van der Waals surface area contributed by atoms with Gasteiger partial charge in [-0.25, -0.2) is 13.8 Å². The number of rotatable bonds is 6. The summed E-state index contributed by atoms with van der Waals surface area (Å²) in [7, 11) is 0. The molecule has 0 bridgehead atoms. The Labute approximate surface area is 159 Å². The fraction of sp³-hybridized carbons (Fsp3) is 0.389. The van der Waals surface area contributed by atoms with Crippen molar-refractivity contribution in [1.29, 1.82) is 0 Å². The van der Waals surface area contributed by atoms with E-state index in [0.29, 0.717) is 13.1 Å². The number of aromatic nitrogens is 1. The molecule has 1 aromatic carbocycles. The number of halogens is 2. The van der Waals surface area contributed by atoms with Gasteiger partial charge in [-0.3, -0.25) is 14.5 Å². The molecule has 0 aliphatic carbocycles. The summed E-state index contributed by atoms with van der Waals surface area (Å²) in [6.07, 6.45) is -0.0636. The third kappa shape index (κ3) is 4.86. The average Bonchev–Trinajstić information content (AvgIpc) is 3.05. The number of hydrogen-bond donors (Lipinski definition) is 2. The molecule has 1 fully saturated rings. The van der Waals surface area contributed by atoms with E-state index in [-0.39, 0.29) is 36.9 Å². The monoisotopic (exact) mass is 394 g/mol. The Bertz CT molecular complexity index is 843. The predicted molar refractivity (Wildman–Crippen MR) is 96.9 cm³/mol. The molecule has 144 valence electrons. The largest absolute Gasteiger partial charge is 0.353 e. The lowest BCUT2D eigenvalue weighted by molar-refractivity contribution is -0.134. The highest BCUT2D eigenvalue weighted by molar-refractivity contribution is 7.09. The lowest BCUT2D eigenvalue weighted by Crippen LogP contribution is -2.56. The number of aryl methyl sites for hydroxylation is 1. The van der Waals surface area contributed by atoms with E-state index in [4.69, 9.17) is 0 Å². The summed E-state index contributed by atoms with van der Waals surface area (Å²) in [5.41, 5.74) is 0.922. The van der Waals surface area contributed by atoms with Gasteiger partial charge in [0.05, 0.1) is 29.7 Å². The lowest BCUT2D eigenvalue weighted by atomic mass is 10.1. The van der Waals surface area contributed by atoms with Crippen LogP contribution < -0.4 is 10.6 Å². The molecule has 0 radical (unpaired) electrons. The summed E-state index contributed by atoms with van der Waals surface area (Å²) in [5.74, 6) is -2.45. The minimum absolute atomic E-state index is 0.0558. The Balaban J connectivity index is 1.64. The summed E-state index contributed by atoms with van der Waals surface area (Å²) in [4.78, 5) is 30.5. The van der Waals surface area contributed by atoms with Crippen molar-refractivity contribution in [2.45, 2.75) is 32.5 Å². The van der Waals surface area contributed by atoms with Crippen LogP contribution in [0.3, 0.4) is 0 Å². The summed E-state index contributed by atoms with van der Waals surface area (Å²) in [6, 6.07) is 3.22. The normalized spacial score (nSPS) is 17.6. The molecule has 2 aromatic rings. The van der Waals surface area contributed by atoms with Crippen LogP contribution in [0.1, 0.15) is 22.7 Å². The maximum atomic E-state index is 14.0. The quantitative estimate of drug-likeness (QED) is 0.783. The standard InChI is InChI=1S/C18H20F2N4O2S/c1-11-23-13(10-27-11)8-22-16(25)7-15-18(26)21-5-6-24(15)9-12-3-2-4-14(19)17(12)20/h2-4,10,15H,5-9H2,1H3,(H,21,26)(H,22,25). The van der Waals surface area contributed by atoms with Crippen LogP contribution in [0.5, 0.6) is 0 Å². The molecule has 27 heavy (non-hydrogen) atoms. The Hall–Kier alpha value is -2.39. The van der Waals surface area contributed by atoms with E-state index < -0.39 is 17.7 Å². The van der Waals surface area contributed by atoms with E-state index in [9.17, 15) is 18.4 Å². The van der Waals surface area contributed by atoms with Crippen molar-refractivity contribution in [3.05, 3.63) is 51.5 Å². The van der Waals surface area contributed by atoms with Crippen LogP contribution in [0.25, 0.3) is 0 Å². The van der Waals surface area contributed by atoms with Gasteiger partial charge in [0.2, 0.25) is 11.8 Å². The van der Waals surface area contributed by atoms with E-state index in [2.05, 4.69) is 15.6 Å². The van der Waals surface area contributed by atoms with Crippen molar-refractivity contribution >= 4 is 23.2 Å². The van der Waals surface area contributed by atoms with Gasteiger partial charge in [0.1, 0.15) is 0 Å². The van der Waals surface area contributed by atoms with Gasteiger partial charge >= 0.3 is 0 Å². The molecule has 1 aromatic heterocycles. The molecule has 2 amide bonds. The summed E-state index contributed by atoms with van der Waals surface area (Å²) in [6.45, 7) is 3.07. The molecule has 1 unspecified atom stereocenters. The highest BCUT2D eigenvalue weighted by Crippen LogP contribution is 2.18. The zero-order valence-electron chi connectivity index (χ0n) is 14.8. The lowest BCUT2D eigenvalue weighted by Gasteiger charge is -2.34. The minimum Gasteiger partial charge on any atom is -0.353 e. The molecule has 2 N–H and O–H groups in total. The number of thiazole rings is 1. The Morgan fingerprint density at radius 2 is 2.26 bits per heavy atom. The molecule has 3 rings (SSSR count). The summed E-state index contributed by atoms with van der Waals surface area (Å²) in [5, 5.41) is 8.24. The molecule has 1 atom stereocenters. The zero-order chi connectivity index (χ0) is 19.4. The first-order valence-corrected chi connectivity index (χ1v) is 9.44. The first kappa shape index (κ1) is 19.4. The molecule has 1 aliphatic rings. The second kappa shape index (κ2) is 8.53. The number of benzene rings is 1. The number of carbonyl (C=O) groups excluding carboxylic acids is 2. The van der Waals surface area contributed by atoms with Crippen LogP contribution in [0, 0.1) is 18.6 Å². The SMILES string of the molecule is Cc1nc(CNC(=O)CC2C(=O)NCCN2Cc2cccc(F)c2F)cs1. The first-order chi connectivity index (χ1) is 12.9. The van der Waals surface area contributed by atoms with Gasteiger partial charge in [0, 0.05) is 30.6 Å². The first-order valence-electron chi connectivity index (χ1n) is 8.56. The second-order valence-electron chi connectivity index (χ2n) is 6.33. The van der Waals surface area contributed by atoms with Crippen molar-refractivity contribution in [2.24, 2.45) is 0 Å². The summed E-state index contributed by atoms with van der Waals surface area (Å²) < 4.78 is 27.4. The van der Waals surface area contributed by atoms with E-state index in [0.717, 1.165) is 16.8 Å². The number of nitrogens with one attached hydrogen (secondary N) is 2. The topological polar surface area (TPSA) is 74.3 Å². The molecule has 9 heteroatoms. The number of piperazine rings is 1. The number of hydrogen-bond acceptors (Lipinski definition) is 5. The van der Waals surface area contributed by atoms with Crippen molar-refractivity contribution in [3.8, 4) is 0 Å². The average molecular weight is 394 g/mol. The maximum absolute atomic E-state index is 14.0. The van der Waals surface area contributed by atoms with Crippen molar-refractivity contribution in [3.63, 3.8) is 0 Å². The van der Waals surface area contributed by atoms with Gasteiger partial charge < -0.3 is 10.6 Å². The molecular formula is C18H20F2N4O2S. The third-order valence-electron chi connectivity index (χ3n) is 4.36. The van der Waals surface area contributed by atoms with Crippen molar-refractivity contribution < 1.29 is 18.4 Å². The Morgan fingerprint density at radius 1 is 1.44 bits per heavy atom. The highest BCUT2D eigenvalue weighted by Gasteiger charge is 2.32. The van der Waals surface area contributed by atoms with Crippen LogP contribution in [-0.4, -0.2) is 40.8 Å². The number of amides is 2. The van der Waals surface area contributed by atoms with Gasteiger partial charge in [-0.2, -0.15) is 0 Å². The molecule has 0 saturated carbocycles. The number of carbonyl (C=O) groups is 2. The molecular weight excluding hydrogens is 374 g/mol. The molecule has 2 heterocycles. The van der Waals surface area contributed by atoms with Gasteiger partial charge in [-0.1, -0.05) is 12.1 Å². The molecule has 0 spiro atoms. The number of nitrogens with zero attached hydrogens (tertiary/aromatic N) is 2. The van der Waals surface area contributed by atoms with Crippen LogP contribution in [-0.2, 0) is 22.7 Å². The third-order valence-corrected chi connectivity index (χ3v) is 5.18. The fourth-order valence-electron chi connectivity index (χ4n) is 2.99. The van der Waals surface area contributed by atoms with E-state index in [1.165, 1.54) is 23.5 Å². The van der Waals surface area contributed by atoms with Crippen molar-refractivity contribution in [1.82, 2.24) is 20.5 Å². The van der Waals surface area contributed by atoms with Crippen molar-refractivity contribution in [2.75, 3.05) is 13.1 Å². The molecule has 6 nitrogen and oxygen atoms in total. The van der Waals surface area contributed by atoms with E-state index >= 15 is 0 Å². The van der Waals surface area contributed by atoms with Gasteiger partial charge in [-0.15, -0.1) is 11.3 Å². The second-order valence-corrected chi connectivity index (χ2v) is 7.39. The Kier molecular flexibility index (Phi) is 6.12. The van der Waals surface area contributed by atoms with Crippen LogP contribution >= 0.6 is 11.3 Å². The predicted octanol–water partition coefficient (Wildman–Crippen LogP) is 1.74. The van der Waals surface area contributed by atoms with Gasteiger partial charge in [0.25, 0.3) is 0 Å². The minimum atomic E-state index is -0.929. The van der Waals surface area contributed by atoms with E-state index in [1.54, 1.807) is 4.90 Å². The molecule has 1 aliphatic heterocycles. The Morgan fingerprint density at radius 3 is 3.00 bits per heavy atom. The fourth-order valence-corrected chi connectivity index (χ4v) is 3.60. The highest BCUT2D eigenvalue weighted by atomic mass is 32.1. The zero-order valence-corrected chi connectivity index (χ0v) is 15.6. The van der Waals surface area contributed by atoms with E-state index in [1.807, 2.05) is 12.3 Å². The smallest absolute Gasteiger partial charge is 0.237 e. The summed E-state index contributed by atoms with van der Waals surface area (Å²) >= 11 is 1.50.